The van der Waals surface area contributed by atoms with Crippen molar-refractivity contribution < 1.29 is 16.3 Å². The first-order valence-corrected chi connectivity index (χ1v) is 5.10. The molecular formula is C7H6Cl4NO2+. The molecule has 78 valence electrons. The van der Waals surface area contributed by atoms with Gasteiger partial charge in [0.15, 0.2) is 0 Å². The van der Waals surface area contributed by atoms with Crippen molar-refractivity contribution in [3.8, 4) is 5.88 Å². The Bertz CT molecular complexity index is 401. The van der Waals surface area contributed by atoms with Crippen LogP contribution in [-0.4, -0.2) is 12.1 Å². The summed E-state index contributed by atoms with van der Waals surface area (Å²) in [7, 11) is 1.36. The minimum atomic E-state index is -0.832. The molecule has 0 aliphatic carbocycles. The number of hydrogen-bond acceptors (Lipinski definition) is 2. The van der Waals surface area contributed by atoms with E-state index in [1.807, 2.05) is 0 Å². The van der Waals surface area contributed by atoms with E-state index in [2.05, 4.69) is 4.98 Å². The van der Waals surface area contributed by atoms with E-state index in [-0.39, 0.29) is 21.6 Å². The molecule has 0 saturated carbocycles. The number of aromatic nitrogens is 1. The fraction of sp³-hybridized carbons (Fsp3) is 0.286. The third kappa shape index (κ3) is 2.11. The van der Waals surface area contributed by atoms with Gasteiger partial charge in [0, 0.05) is 0 Å². The monoisotopic (exact) mass is 276 g/mol. The lowest BCUT2D eigenvalue weighted by molar-refractivity contribution is -0.395. The van der Waals surface area contributed by atoms with Gasteiger partial charge in [-0.1, -0.05) is 23.2 Å². The predicted molar refractivity (Wildman–Crippen MR) is 53.6 cm³/mol. The molecule has 1 heterocycles. The lowest BCUT2D eigenvalue weighted by Gasteiger charge is -2.06. The van der Waals surface area contributed by atoms with Crippen LogP contribution in [0.4, 0.5) is 0 Å². The molecule has 0 aromatic carbocycles. The third-order valence-corrected chi connectivity index (χ3v) is 2.69. The van der Waals surface area contributed by atoms with Crippen LogP contribution in [-0.2, 0) is 0 Å². The smallest absolute Gasteiger partial charge is 0.293 e. The average Bonchev–Trinajstić information content (AvgIpc) is 2.14. The zero-order chi connectivity index (χ0) is 10.9. The maximum Gasteiger partial charge on any atom is 0.293 e. The molecule has 14 heavy (non-hydrogen) atoms. The maximum atomic E-state index is 11.4. The fourth-order valence-electron chi connectivity index (χ4n) is 0.851. The highest BCUT2D eigenvalue weighted by Crippen LogP contribution is 2.28. The quantitative estimate of drug-likeness (QED) is 0.843. The molecule has 3 nitrogen and oxygen atoms in total. The second-order valence-corrected chi connectivity index (χ2v) is 4.27. The van der Waals surface area contributed by atoms with E-state index >= 15 is 0 Å². The van der Waals surface area contributed by atoms with Gasteiger partial charge in [0.25, 0.3) is 4.84 Å². The van der Waals surface area contributed by atoms with Crippen LogP contribution < -0.4 is 10.2 Å². The first-order valence-electron chi connectivity index (χ1n) is 3.44. The Morgan fingerprint density at radius 2 is 2.00 bits per heavy atom. The molecular weight excluding hydrogens is 272 g/mol. The number of rotatable bonds is 2. The summed E-state index contributed by atoms with van der Waals surface area (Å²) in [6, 6.07) is 0. The minimum Gasteiger partial charge on any atom is -0.481 e. The van der Waals surface area contributed by atoms with Gasteiger partial charge in [-0.05, 0) is 11.6 Å². The lowest BCUT2D eigenvalue weighted by atomic mass is 10.3. The van der Waals surface area contributed by atoms with Gasteiger partial charge >= 0.3 is 0 Å². The van der Waals surface area contributed by atoms with Gasteiger partial charge in [-0.15, -0.1) is 0 Å². The zero-order valence-corrected chi connectivity index (χ0v) is 10.0. The number of aromatic amines is 1. The second kappa shape index (κ2) is 4.62. The largest absolute Gasteiger partial charge is 0.481 e. The van der Waals surface area contributed by atoms with Gasteiger partial charge in [-0.25, -0.2) is 0 Å². The van der Waals surface area contributed by atoms with Crippen molar-refractivity contribution in [2.24, 2.45) is 0 Å². The summed E-state index contributed by atoms with van der Waals surface area (Å²) >= 11 is 21.7. The van der Waals surface area contributed by atoms with Gasteiger partial charge in [0.1, 0.15) is 27.3 Å². The molecule has 1 atom stereocenters. The van der Waals surface area contributed by atoms with Crippen molar-refractivity contribution in [2.45, 2.75) is 4.84 Å². The summed E-state index contributed by atoms with van der Waals surface area (Å²) in [4.78, 5) is 13.2. The molecule has 0 saturated heterocycles. The predicted octanol–water partition coefficient (Wildman–Crippen LogP) is 2.21. The van der Waals surface area contributed by atoms with Crippen LogP contribution in [0.3, 0.4) is 0 Å². The van der Waals surface area contributed by atoms with E-state index in [9.17, 15) is 4.79 Å². The molecule has 0 radical (unpaired) electrons. The first-order chi connectivity index (χ1) is 6.49. The Morgan fingerprint density at radius 1 is 1.43 bits per heavy atom. The second-order valence-electron chi connectivity index (χ2n) is 2.35. The highest BCUT2D eigenvalue weighted by Gasteiger charge is 2.22. The molecule has 0 aliphatic heterocycles. The highest BCUT2D eigenvalue weighted by molar-refractivity contribution is 6.36. The van der Waals surface area contributed by atoms with E-state index in [0.717, 1.165) is 0 Å². The summed E-state index contributed by atoms with van der Waals surface area (Å²) < 4.78 is 4.82. The van der Waals surface area contributed by atoms with Gasteiger partial charge in [-0.2, -0.15) is 0 Å². The Hall–Kier alpha value is -0.0900. The number of ether oxygens (including phenoxy) is 1. The van der Waals surface area contributed by atoms with E-state index < -0.39 is 10.3 Å². The molecule has 0 aliphatic rings. The molecule has 0 spiro atoms. The van der Waals surface area contributed by atoms with E-state index in [1.165, 1.54) is 7.11 Å². The Kier molecular flexibility index (Phi) is 3.95. The number of alkyl halides is 2. The van der Waals surface area contributed by atoms with Gasteiger partial charge < -0.3 is 9.72 Å². The lowest BCUT2D eigenvalue weighted by Crippen LogP contribution is -2.10. The van der Waals surface area contributed by atoms with Crippen LogP contribution in [0.5, 0.6) is 5.88 Å². The molecule has 7 heteroatoms. The summed E-state index contributed by atoms with van der Waals surface area (Å²) in [5.74, 6) is 0.103. The Morgan fingerprint density at radius 3 is 2.43 bits per heavy atom. The van der Waals surface area contributed by atoms with Crippen molar-refractivity contribution >= 4 is 34.8 Å². The molecule has 1 aromatic rings. The summed E-state index contributed by atoms with van der Waals surface area (Å²) in [6.07, 6.45) is 0. The molecule has 0 amide bonds. The molecule has 0 fully saturated rings. The number of hydrogen-bond donors (Lipinski definition) is 1. The van der Waals surface area contributed by atoms with Crippen LogP contribution in [0, 0.1) is 11.6 Å². The zero-order valence-electron chi connectivity index (χ0n) is 6.94. The van der Waals surface area contributed by atoms with Gasteiger partial charge in [-0.3, -0.25) is 4.79 Å². The summed E-state index contributed by atoms with van der Waals surface area (Å²) in [5, 5.41) is -0.223. The summed E-state index contributed by atoms with van der Waals surface area (Å²) in [5.41, 5.74) is -0.330. The number of methoxy groups -OCH3 is 1. The third-order valence-electron chi connectivity index (χ3n) is 1.51. The standard InChI is InChI=1S/C7H5Cl4NO2/c1-14-7-3(9)5(13)2(8)4(12-7)6(10)11/h6,10H,1H3/p+1. The van der Waals surface area contributed by atoms with Crippen LogP contribution >= 0.6 is 34.8 Å². The van der Waals surface area contributed by atoms with Crippen molar-refractivity contribution in [1.29, 1.82) is 0 Å². The van der Waals surface area contributed by atoms with Gasteiger partial charge in [0.2, 0.25) is 11.3 Å². The minimum absolute atomic E-state index is 0.103. The van der Waals surface area contributed by atoms with E-state index in [1.54, 1.807) is 0 Å². The molecule has 0 bridgehead atoms. The average molecular weight is 278 g/mol. The topological polar surface area (TPSA) is 42.1 Å². The maximum absolute atomic E-state index is 11.4. The number of halogens is 4. The Labute approximate surface area is 99.9 Å². The highest BCUT2D eigenvalue weighted by atomic mass is 35.5. The van der Waals surface area contributed by atoms with Crippen LogP contribution in [0.1, 0.15) is 10.5 Å². The number of pyridine rings is 1. The van der Waals surface area contributed by atoms with E-state index in [4.69, 9.17) is 51.1 Å². The summed E-state index contributed by atoms with van der Waals surface area (Å²) in [6.45, 7) is 0. The van der Waals surface area contributed by atoms with E-state index in [0.29, 0.717) is 0 Å². The molecule has 1 N–H and O–H groups in total. The fourth-order valence-corrected chi connectivity index (χ4v) is 1.83. The van der Waals surface area contributed by atoms with Crippen LogP contribution in [0.25, 0.3) is 0 Å². The Balaban J connectivity index is 3.49. The van der Waals surface area contributed by atoms with Crippen LogP contribution in [0.15, 0.2) is 4.79 Å². The normalized spacial score (nSPS) is 12.6. The SMILES string of the molecule is COc1[nH]c(C(Cl)[ClH+])c(Cl)c(=O)c1Cl. The number of H-pyrrole nitrogens is 1. The first kappa shape index (κ1) is 12.0. The molecule has 1 aromatic heterocycles. The van der Waals surface area contributed by atoms with Crippen molar-refractivity contribution in [3.05, 3.63) is 26.0 Å². The van der Waals surface area contributed by atoms with Gasteiger partial charge in [0.05, 0.1) is 7.11 Å². The number of nitrogens with one attached hydrogen (secondary N) is 1. The van der Waals surface area contributed by atoms with Crippen LogP contribution in [0.2, 0.25) is 10.0 Å². The van der Waals surface area contributed by atoms with Crippen molar-refractivity contribution in [1.82, 2.24) is 4.98 Å². The van der Waals surface area contributed by atoms with Crippen molar-refractivity contribution in [2.75, 3.05) is 7.11 Å². The van der Waals surface area contributed by atoms with Crippen molar-refractivity contribution in [3.63, 3.8) is 0 Å². The molecule has 1 rings (SSSR count). The molecule has 1 unspecified atom stereocenters.